The van der Waals surface area contributed by atoms with Crippen molar-refractivity contribution in [3.8, 4) is 6.07 Å². The van der Waals surface area contributed by atoms with Gasteiger partial charge in [0, 0.05) is 36.1 Å². The summed E-state index contributed by atoms with van der Waals surface area (Å²) in [7, 11) is 0. The van der Waals surface area contributed by atoms with Gasteiger partial charge in [-0.1, -0.05) is 6.07 Å². The monoisotopic (exact) mass is 415 g/mol. The summed E-state index contributed by atoms with van der Waals surface area (Å²) >= 11 is 0. The minimum Gasteiger partial charge on any atom is -0.467 e. The summed E-state index contributed by atoms with van der Waals surface area (Å²) in [5.74, 6) is 1.40. The highest BCUT2D eigenvalue weighted by molar-refractivity contribution is 5.94. The predicted molar refractivity (Wildman–Crippen MR) is 116 cm³/mol. The number of furan rings is 1. The number of hydrogen-bond donors (Lipinski definition) is 0. The van der Waals surface area contributed by atoms with E-state index in [4.69, 9.17) is 4.42 Å². The number of aryl methyl sites for hydroxylation is 2. The van der Waals surface area contributed by atoms with Crippen molar-refractivity contribution in [3.05, 3.63) is 77.0 Å². The molecule has 0 spiro atoms. The lowest BCUT2D eigenvalue weighted by Crippen LogP contribution is -2.47. The number of nitriles is 1. The molecule has 1 aromatic carbocycles. The van der Waals surface area contributed by atoms with E-state index >= 15 is 0 Å². The summed E-state index contributed by atoms with van der Waals surface area (Å²) in [6, 6.07) is 14.7. The fraction of sp³-hybridized carbons (Fsp3) is 0.333. The number of benzene rings is 1. The lowest BCUT2D eigenvalue weighted by molar-refractivity contribution is 0.0613. The summed E-state index contributed by atoms with van der Waals surface area (Å²) in [6.45, 7) is 5.89. The Morgan fingerprint density at radius 3 is 2.55 bits per heavy atom. The molecular weight excluding hydrogens is 390 g/mol. The van der Waals surface area contributed by atoms with E-state index in [9.17, 15) is 10.1 Å². The second-order valence-electron chi connectivity index (χ2n) is 7.87. The normalized spacial score (nSPS) is 14.3. The number of nitrogens with zero attached hydrogens (tertiary/aromatic N) is 5. The van der Waals surface area contributed by atoms with E-state index in [1.165, 1.54) is 0 Å². The molecule has 1 aliphatic rings. The fourth-order valence-corrected chi connectivity index (χ4v) is 4.05. The lowest BCUT2D eigenvalue weighted by atomic mass is 10.0. The minimum absolute atomic E-state index is 0.0606. The van der Waals surface area contributed by atoms with Crippen LogP contribution in [-0.4, -0.2) is 39.9 Å². The molecule has 0 N–H and O–H groups in total. The van der Waals surface area contributed by atoms with Crippen LogP contribution in [0.1, 0.15) is 45.9 Å². The molecule has 0 saturated carbocycles. The van der Waals surface area contributed by atoms with Gasteiger partial charge in [0.1, 0.15) is 5.76 Å². The molecule has 0 atom stereocenters. The zero-order chi connectivity index (χ0) is 21.8. The van der Waals surface area contributed by atoms with E-state index in [1.54, 1.807) is 30.5 Å². The third kappa shape index (κ3) is 4.75. The van der Waals surface area contributed by atoms with Gasteiger partial charge in [-0.05, 0) is 63.1 Å². The van der Waals surface area contributed by atoms with Crippen LogP contribution in [0.4, 0.5) is 5.95 Å². The quantitative estimate of drug-likeness (QED) is 0.629. The van der Waals surface area contributed by atoms with Crippen molar-refractivity contribution in [2.24, 2.45) is 0 Å². The first-order chi connectivity index (χ1) is 15.0. The number of rotatable bonds is 5. The molecule has 3 aromatic rings. The molecule has 4 rings (SSSR count). The Labute approximate surface area is 181 Å². The van der Waals surface area contributed by atoms with Crippen molar-refractivity contribution in [1.82, 2.24) is 14.9 Å². The molecule has 1 aliphatic heterocycles. The van der Waals surface area contributed by atoms with Gasteiger partial charge in [0.15, 0.2) is 0 Å². The van der Waals surface area contributed by atoms with Crippen LogP contribution in [0, 0.1) is 25.2 Å². The third-order valence-corrected chi connectivity index (χ3v) is 5.56. The maximum Gasteiger partial charge on any atom is 0.254 e. The number of piperidine rings is 1. The Kier molecular flexibility index (Phi) is 5.99. The maximum atomic E-state index is 13.4. The molecular formula is C24H25N5O2. The zero-order valence-corrected chi connectivity index (χ0v) is 17.8. The van der Waals surface area contributed by atoms with Crippen molar-refractivity contribution in [1.29, 1.82) is 5.26 Å². The smallest absolute Gasteiger partial charge is 0.254 e. The largest absolute Gasteiger partial charge is 0.467 e. The topological polar surface area (TPSA) is 86.3 Å². The Hall–Kier alpha value is -3.66. The molecule has 7 heteroatoms. The van der Waals surface area contributed by atoms with Gasteiger partial charge >= 0.3 is 0 Å². The highest BCUT2D eigenvalue weighted by Crippen LogP contribution is 2.24. The molecule has 2 aromatic heterocycles. The number of carbonyl (C=O) groups excluding carboxylic acids is 1. The Balaban J connectivity index is 1.53. The summed E-state index contributed by atoms with van der Waals surface area (Å²) in [6.07, 6.45) is 3.23. The fourth-order valence-electron chi connectivity index (χ4n) is 4.05. The molecule has 7 nitrogen and oxygen atoms in total. The zero-order valence-electron chi connectivity index (χ0n) is 17.8. The van der Waals surface area contributed by atoms with Crippen LogP contribution in [-0.2, 0) is 6.54 Å². The summed E-state index contributed by atoms with van der Waals surface area (Å²) in [5.41, 5.74) is 2.91. The average molecular weight is 415 g/mol. The second-order valence-corrected chi connectivity index (χ2v) is 7.87. The van der Waals surface area contributed by atoms with Crippen molar-refractivity contribution < 1.29 is 9.21 Å². The van der Waals surface area contributed by atoms with Crippen LogP contribution in [0.15, 0.2) is 53.1 Å². The first-order valence-electron chi connectivity index (χ1n) is 10.4. The van der Waals surface area contributed by atoms with E-state index in [0.29, 0.717) is 17.7 Å². The summed E-state index contributed by atoms with van der Waals surface area (Å²) < 4.78 is 5.53. The molecule has 0 unspecified atom stereocenters. The summed E-state index contributed by atoms with van der Waals surface area (Å²) in [4.78, 5) is 26.6. The van der Waals surface area contributed by atoms with Crippen LogP contribution >= 0.6 is 0 Å². The molecule has 0 aliphatic carbocycles. The van der Waals surface area contributed by atoms with E-state index < -0.39 is 0 Å². The SMILES string of the molecule is Cc1cc(C)nc(N2CCC(N(Cc3ccco3)C(=O)c3cccc(C#N)c3)CC2)n1. The van der Waals surface area contributed by atoms with Crippen LogP contribution in [0.3, 0.4) is 0 Å². The van der Waals surface area contributed by atoms with Crippen LogP contribution in [0.25, 0.3) is 0 Å². The minimum atomic E-state index is -0.0883. The van der Waals surface area contributed by atoms with Gasteiger partial charge in [-0.25, -0.2) is 9.97 Å². The number of carbonyl (C=O) groups is 1. The van der Waals surface area contributed by atoms with E-state index in [-0.39, 0.29) is 11.9 Å². The molecule has 158 valence electrons. The first-order valence-corrected chi connectivity index (χ1v) is 10.4. The number of hydrogen-bond acceptors (Lipinski definition) is 6. The highest BCUT2D eigenvalue weighted by atomic mass is 16.3. The van der Waals surface area contributed by atoms with Crippen LogP contribution < -0.4 is 4.90 Å². The number of amides is 1. The second kappa shape index (κ2) is 9.00. The van der Waals surface area contributed by atoms with Crippen molar-refractivity contribution in [3.63, 3.8) is 0 Å². The Morgan fingerprint density at radius 2 is 1.90 bits per heavy atom. The Bertz CT molecular complexity index is 1080. The van der Waals surface area contributed by atoms with Gasteiger partial charge in [-0.3, -0.25) is 4.79 Å². The van der Waals surface area contributed by atoms with Crippen LogP contribution in [0.5, 0.6) is 0 Å². The predicted octanol–water partition coefficient (Wildman–Crippen LogP) is 3.87. The molecule has 1 fully saturated rings. The van der Waals surface area contributed by atoms with Gasteiger partial charge in [0.05, 0.1) is 24.4 Å². The maximum absolute atomic E-state index is 13.4. The Morgan fingerprint density at radius 1 is 1.16 bits per heavy atom. The van der Waals surface area contributed by atoms with E-state index in [2.05, 4.69) is 20.9 Å². The number of aromatic nitrogens is 2. The summed E-state index contributed by atoms with van der Waals surface area (Å²) in [5, 5.41) is 9.21. The molecule has 1 amide bonds. The standard InChI is InChI=1S/C24H25N5O2/c1-17-13-18(2)27-24(26-17)28-10-8-21(9-11-28)29(16-22-7-4-12-31-22)23(30)20-6-3-5-19(14-20)15-25/h3-7,12-14,21H,8-11,16H2,1-2H3. The molecule has 0 radical (unpaired) electrons. The van der Waals surface area contributed by atoms with Gasteiger partial charge in [-0.15, -0.1) is 0 Å². The van der Waals surface area contributed by atoms with Gasteiger partial charge in [0.25, 0.3) is 5.91 Å². The number of anilines is 1. The van der Waals surface area contributed by atoms with Crippen molar-refractivity contribution in [2.45, 2.75) is 39.3 Å². The lowest BCUT2D eigenvalue weighted by Gasteiger charge is -2.38. The van der Waals surface area contributed by atoms with E-state index in [1.807, 2.05) is 36.9 Å². The molecule has 0 bridgehead atoms. The van der Waals surface area contributed by atoms with Gasteiger partial charge in [0.2, 0.25) is 5.95 Å². The third-order valence-electron chi connectivity index (χ3n) is 5.56. The highest BCUT2D eigenvalue weighted by Gasteiger charge is 2.30. The molecule has 1 saturated heterocycles. The molecule has 31 heavy (non-hydrogen) atoms. The molecule has 3 heterocycles. The average Bonchev–Trinajstić information content (AvgIpc) is 3.30. The van der Waals surface area contributed by atoms with Crippen molar-refractivity contribution >= 4 is 11.9 Å². The van der Waals surface area contributed by atoms with Gasteiger partial charge < -0.3 is 14.2 Å². The van der Waals surface area contributed by atoms with Crippen LogP contribution in [0.2, 0.25) is 0 Å². The van der Waals surface area contributed by atoms with E-state index in [0.717, 1.165) is 49.0 Å². The van der Waals surface area contributed by atoms with Crippen molar-refractivity contribution in [2.75, 3.05) is 18.0 Å². The first kappa shape index (κ1) is 20.6. The van der Waals surface area contributed by atoms with Gasteiger partial charge in [-0.2, -0.15) is 5.26 Å².